The molecule has 0 aromatic carbocycles. The largest absolute Gasteiger partial charge is 0.475 e. The summed E-state index contributed by atoms with van der Waals surface area (Å²) in [5.41, 5.74) is 1.30. The second kappa shape index (κ2) is 7.35. The van der Waals surface area contributed by atoms with Crippen molar-refractivity contribution in [2.45, 2.75) is 6.92 Å². The van der Waals surface area contributed by atoms with Gasteiger partial charge in [-0.1, -0.05) is 6.07 Å². The third-order valence-corrected chi connectivity index (χ3v) is 2.66. The van der Waals surface area contributed by atoms with E-state index in [-0.39, 0.29) is 5.91 Å². The van der Waals surface area contributed by atoms with E-state index in [1.165, 1.54) is 6.20 Å². The molecule has 6 heteroatoms. The molecule has 0 unspecified atom stereocenters. The predicted molar refractivity (Wildman–Crippen MR) is 78.5 cm³/mol. The number of nitrogens with one attached hydrogen (secondary N) is 1. The summed E-state index contributed by atoms with van der Waals surface area (Å²) in [5, 5.41) is 2.74. The van der Waals surface area contributed by atoms with Crippen molar-refractivity contribution in [1.29, 1.82) is 0 Å². The van der Waals surface area contributed by atoms with Gasteiger partial charge in [0, 0.05) is 30.6 Å². The number of aromatic nitrogens is 2. The van der Waals surface area contributed by atoms with Crippen LogP contribution in [0.1, 0.15) is 16.1 Å². The highest BCUT2D eigenvalue weighted by Crippen LogP contribution is 2.12. The lowest BCUT2D eigenvalue weighted by Crippen LogP contribution is -2.14. The molecular weight excluding hydrogens is 270 g/mol. The zero-order chi connectivity index (χ0) is 15.1. The number of hydrogen-bond acceptors (Lipinski definition) is 5. The van der Waals surface area contributed by atoms with Crippen LogP contribution in [0.5, 0.6) is 5.88 Å². The van der Waals surface area contributed by atoms with Crippen LogP contribution in [0.3, 0.4) is 0 Å². The van der Waals surface area contributed by atoms with Gasteiger partial charge < -0.3 is 14.8 Å². The topological polar surface area (TPSA) is 73.3 Å². The van der Waals surface area contributed by atoms with Crippen LogP contribution in [-0.4, -0.2) is 36.2 Å². The van der Waals surface area contributed by atoms with Gasteiger partial charge in [0.05, 0.1) is 6.61 Å². The van der Waals surface area contributed by atoms with E-state index in [1.54, 1.807) is 25.3 Å². The highest BCUT2D eigenvalue weighted by atomic mass is 16.5. The maximum atomic E-state index is 12.1. The summed E-state index contributed by atoms with van der Waals surface area (Å²) in [6, 6.07) is 8.64. The maximum absolute atomic E-state index is 12.1. The van der Waals surface area contributed by atoms with Gasteiger partial charge in [-0.2, -0.15) is 0 Å². The van der Waals surface area contributed by atoms with Crippen molar-refractivity contribution in [3.8, 4) is 5.88 Å². The highest BCUT2D eigenvalue weighted by molar-refractivity contribution is 6.03. The second-order valence-corrected chi connectivity index (χ2v) is 4.34. The Labute approximate surface area is 123 Å². The fourth-order valence-electron chi connectivity index (χ4n) is 1.66. The van der Waals surface area contributed by atoms with Crippen molar-refractivity contribution >= 4 is 11.7 Å². The molecule has 2 rings (SSSR count). The number of aryl methyl sites for hydroxylation is 1. The third-order valence-electron chi connectivity index (χ3n) is 2.66. The molecule has 0 aliphatic carbocycles. The van der Waals surface area contributed by atoms with E-state index >= 15 is 0 Å². The summed E-state index contributed by atoms with van der Waals surface area (Å²) in [4.78, 5) is 20.4. The molecule has 0 saturated carbocycles. The number of amides is 1. The summed E-state index contributed by atoms with van der Waals surface area (Å²) in [6.45, 7) is 2.71. The molecule has 2 aromatic rings. The van der Waals surface area contributed by atoms with Gasteiger partial charge in [0.25, 0.3) is 5.91 Å². The number of carbonyl (C=O) groups is 1. The Morgan fingerprint density at radius 3 is 2.90 bits per heavy atom. The van der Waals surface area contributed by atoms with E-state index in [9.17, 15) is 4.79 Å². The van der Waals surface area contributed by atoms with Crippen molar-refractivity contribution in [1.82, 2.24) is 9.97 Å². The van der Waals surface area contributed by atoms with Crippen LogP contribution in [0, 0.1) is 6.92 Å². The SMILES string of the molecule is COCCOc1cc(C(=O)Nc2cccc(C)n2)ccn1. The Bertz CT molecular complexity index is 617. The van der Waals surface area contributed by atoms with Gasteiger partial charge in [-0.25, -0.2) is 9.97 Å². The number of hydrogen-bond donors (Lipinski definition) is 1. The normalized spacial score (nSPS) is 10.2. The van der Waals surface area contributed by atoms with Crippen molar-refractivity contribution in [2.24, 2.45) is 0 Å². The van der Waals surface area contributed by atoms with Gasteiger partial charge >= 0.3 is 0 Å². The second-order valence-electron chi connectivity index (χ2n) is 4.34. The van der Waals surface area contributed by atoms with Gasteiger partial charge in [-0.15, -0.1) is 0 Å². The Kier molecular flexibility index (Phi) is 5.22. The van der Waals surface area contributed by atoms with E-state index < -0.39 is 0 Å². The molecule has 1 amide bonds. The highest BCUT2D eigenvalue weighted by Gasteiger charge is 2.08. The first kappa shape index (κ1) is 14.9. The summed E-state index contributed by atoms with van der Waals surface area (Å²) in [6.07, 6.45) is 1.53. The maximum Gasteiger partial charge on any atom is 0.257 e. The Hall–Kier alpha value is -2.47. The van der Waals surface area contributed by atoms with E-state index in [4.69, 9.17) is 9.47 Å². The molecule has 0 saturated heterocycles. The lowest BCUT2D eigenvalue weighted by Gasteiger charge is -2.07. The first-order chi connectivity index (χ1) is 10.2. The molecule has 0 aliphatic rings. The minimum atomic E-state index is -0.257. The minimum Gasteiger partial charge on any atom is -0.475 e. The van der Waals surface area contributed by atoms with E-state index in [0.717, 1.165) is 5.69 Å². The zero-order valence-electron chi connectivity index (χ0n) is 12.0. The number of rotatable bonds is 6. The summed E-state index contributed by atoms with van der Waals surface area (Å²) in [5.74, 6) is 0.641. The molecule has 2 heterocycles. The van der Waals surface area contributed by atoms with E-state index in [0.29, 0.717) is 30.5 Å². The first-order valence-corrected chi connectivity index (χ1v) is 6.52. The summed E-state index contributed by atoms with van der Waals surface area (Å²) >= 11 is 0. The van der Waals surface area contributed by atoms with Crippen molar-refractivity contribution in [3.05, 3.63) is 47.8 Å². The van der Waals surface area contributed by atoms with Crippen LogP contribution in [0.2, 0.25) is 0 Å². The van der Waals surface area contributed by atoms with Gasteiger partial charge in [0.1, 0.15) is 12.4 Å². The number of methoxy groups -OCH3 is 1. The van der Waals surface area contributed by atoms with Crippen molar-refractivity contribution in [2.75, 3.05) is 25.6 Å². The zero-order valence-corrected chi connectivity index (χ0v) is 12.0. The van der Waals surface area contributed by atoms with Crippen LogP contribution in [0.4, 0.5) is 5.82 Å². The smallest absolute Gasteiger partial charge is 0.257 e. The summed E-state index contributed by atoms with van der Waals surface area (Å²) < 4.78 is 10.3. The molecule has 0 fully saturated rings. The van der Waals surface area contributed by atoms with Gasteiger partial charge in [-0.05, 0) is 25.1 Å². The molecule has 0 atom stereocenters. The Balaban J connectivity index is 2.03. The molecular formula is C15H17N3O3. The fraction of sp³-hybridized carbons (Fsp3) is 0.267. The van der Waals surface area contributed by atoms with E-state index in [2.05, 4.69) is 15.3 Å². The summed E-state index contributed by atoms with van der Waals surface area (Å²) in [7, 11) is 1.59. The van der Waals surface area contributed by atoms with Crippen LogP contribution in [0.15, 0.2) is 36.5 Å². The lowest BCUT2D eigenvalue weighted by molar-refractivity contribution is 0.102. The minimum absolute atomic E-state index is 0.257. The molecule has 6 nitrogen and oxygen atoms in total. The Morgan fingerprint density at radius 1 is 1.29 bits per heavy atom. The predicted octanol–water partition coefficient (Wildman–Crippen LogP) is 2.06. The van der Waals surface area contributed by atoms with Gasteiger partial charge in [0.2, 0.25) is 5.88 Å². The standard InChI is InChI=1S/C15H17N3O3/c1-11-4-3-5-13(17-11)18-15(19)12-6-7-16-14(10-12)21-9-8-20-2/h3-7,10H,8-9H2,1-2H3,(H,17,18,19). The quantitative estimate of drug-likeness (QED) is 0.823. The van der Waals surface area contributed by atoms with Crippen molar-refractivity contribution < 1.29 is 14.3 Å². The average Bonchev–Trinajstić information content (AvgIpc) is 2.48. The Morgan fingerprint density at radius 2 is 2.14 bits per heavy atom. The van der Waals surface area contributed by atoms with Crippen LogP contribution in [-0.2, 0) is 4.74 Å². The number of carbonyl (C=O) groups excluding carboxylic acids is 1. The van der Waals surface area contributed by atoms with E-state index in [1.807, 2.05) is 19.1 Å². The number of ether oxygens (including phenoxy) is 2. The number of nitrogens with zero attached hydrogens (tertiary/aromatic N) is 2. The third kappa shape index (κ3) is 4.54. The average molecular weight is 287 g/mol. The molecule has 0 spiro atoms. The molecule has 0 aliphatic heterocycles. The molecule has 1 N–H and O–H groups in total. The van der Waals surface area contributed by atoms with Crippen molar-refractivity contribution in [3.63, 3.8) is 0 Å². The number of pyridine rings is 2. The van der Waals surface area contributed by atoms with Crippen LogP contribution < -0.4 is 10.1 Å². The molecule has 21 heavy (non-hydrogen) atoms. The number of anilines is 1. The van der Waals surface area contributed by atoms with Crippen LogP contribution in [0.25, 0.3) is 0 Å². The first-order valence-electron chi connectivity index (χ1n) is 6.52. The molecule has 0 bridgehead atoms. The van der Waals surface area contributed by atoms with Gasteiger partial charge in [0.15, 0.2) is 0 Å². The fourth-order valence-corrected chi connectivity index (χ4v) is 1.66. The monoisotopic (exact) mass is 287 g/mol. The van der Waals surface area contributed by atoms with Crippen LogP contribution >= 0.6 is 0 Å². The molecule has 110 valence electrons. The van der Waals surface area contributed by atoms with Gasteiger partial charge in [-0.3, -0.25) is 4.79 Å². The lowest BCUT2D eigenvalue weighted by atomic mass is 10.2. The molecule has 2 aromatic heterocycles. The molecule has 0 radical (unpaired) electrons.